The van der Waals surface area contributed by atoms with Crippen molar-refractivity contribution in [1.82, 2.24) is 4.90 Å². The number of hydrogen-bond donors (Lipinski definition) is 3. The van der Waals surface area contributed by atoms with Gasteiger partial charge in [0.2, 0.25) is 5.79 Å². The van der Waals surface area contributed by atoms with Gasteiger partial charge in [-0.05, 0) is 107 Å². The second kappa shape index (κ2) is 27.7. The van der Waals surface area contributed by atoms with Crippen LogP contribution in [-0.4, -0.2) is 157 Å². The van der Waals surface area contributed by atoms with E-state index in [1.54, 1.807) is 34.0 Å². The molecule has 1 aliphatic carbocycles. The Morgan fingerprint density at radius 3 is 2.27 bits per heavy atom. The number of fused-ring (bicyclic) bond motifs is 3. The molecule has 3 saturated heterocycles. The van der Waals surface area contributed by atoms with Crippen LogP contribution in [-0.2, 0) is 57.1 Å². The Balaban J connectivity index is 1.46. The number of aliphatic hydroxyl groups excluding tert-OH is 2. The first-order valence-corrected chi connectivity index (χ1v) is 26.2. The monoisotopic (exact) mass is 1000 g/mol. The van der Waals surface area contributed by atoms with Crippen LogP contribution in [0.15, 0.2) is 47.6 Å². The van der Waals surface area contributed by atoms with E-state index in [0.29, 0.717) is 83.2 Å². The van der Waals surface area contributed by atoms with E-state index in [-0.39, 0.29) is 73.9 Å². The van der Waals surface area contributed by atoms with E-state index in [4.69, 9.17) is 33.2 Å². The van der Waals surface area contributed by atoms with Crippen molar-refractivity contribution in [2.45, 2.75) is 186 Å². The third-order valence-corrected chi connectivity index (χ3v) is 15.6. The summed E-state index contributed by atoms with van der Waals surface area (Å²) in [6.07, 6.45) is 10.8. The molecule has 16 heteroatoms. The van der Waals surface area contributed by atoms with Crippen LogP contribution < -0.4 is 0 Å². The summed E-state index contributed by atoms with van der Waals surface area (Å²) in [6.45, 7) is 14.4. The molecule has 1 saturated carbocycles. The van der Waals surface area contributed by atoms with Crippen LogP contribution >= 0.6 is 0 Å². The van der Waals surface area contributed by atoms with Crippen LogP contribution in [0.2, 0.25) is 0 Å². The maximum atomic E-state index is 14.5. The standard InChI is InChI=1S/C55H85NO15/c1-33-15-11-10-12-16-34(2)46(69-24-23-68-42-31-67-32-42)29-41-20-18-39(7)55(64,71-41)52(61)53(62)56-22-14-13-17-43(56)54(63)70-47(36(4)27-40-19-21-44(57)48(28-40)65-8)30-45(58)35(3)26-38(6)50(60)51(66-9)49(59)37(5)25-33/h10-12,15-16,26,33,35-37,39-44,46-48,50-51,57,60,64H,13-14,17-25,27-32H2,1-9H3/t33-,35-,36-,37-,39-,40+,41+,43+,44-,46+,47+,48-,50-,51+,55-/m1/s1. The first-order chi connectivity index (χ1) is 33.8. The van der Waals surface area contributed by atoms with Crippen molar-refractivity contribution in [1.29, 1.82) is 0 Å². The molecule has 2 bridgehead atoms. The van der Waals surface area contributed by atoms with Crippen molar-refractivity contribution in [2.24, 2.45) is 35.5 Å². The topological polar surface area (TPSA) is 214 Å². The summed E-state index contributed by atoms with van der Waals surface area (Å²) >= 11 is 0. The second-order valence-electron chi connectivity index (χ2n) is 21.3. The molecule has 4 heterocycles. The number of rotatable bonds is 10. The zero-order chi connectivity index (χ0) is 52.0. The Bertz CT molecular complexity index is 1910. The molecule has 0 aromatic rings. The van der Waals surface area contributed by atoms with E-state index in [1.807, 2.05) is 58.1 Å². The first-order valence-electron chi connectivity index (χ1n) is 26.2. The highest BCUT2D eigenvalue weighted by Crippen LogP contribution is 2.38. The highest BCUT2D eigenvalue weighted by Gasteiger charge is 2.53. The number of nitrogens with zero attached hydrogens (tertiary/aromatic N) is 1. The molecule has 5 rings (SSSR count). The van der Waals surface area contributed by atoms with Crippen LogP contribution in [0, 0.1) is 35.5 Å². The molecule has 4 aliphatic heterocycles. The number of aliphatic hydroxyl groups is 3. The Kier molecular flexibility index (Phi) is 22.8. The number of cyclic esters (lactones) is 1. The van der Waals surface area contributed by atoms with Gasteiger partial charge in [0, 0.05) is 51.4 Å². The fourth-order valence-corrected chi connectivity index (χ4v) is 10.7. The number of carbonyl (C=O) groups excluding carboxylic acids is 5. The minimum atomic E-state index is -2.47. The molecule has 3 N–H and O–H groups in total. The molecule has 71 heavy (non-hydrogen) atoms. The lowest BCUT2D eigenvalue weighted by Gasteiger charge is -2.43. The highest BCUT2D eigenvalue weighted by molar-refractivity contribution is 6.39. The third kappa shape index (κ3) is 16.0. The number of allylic oxidation sites excluding steroid dienone is 6. The van der Waals surface area contributed by atoms with E-state index in [2.05, 4.69) is 0 Å². The van der Waals surface area contributed by atoms with E-state index in [1.165, 1.54) is 12.0 Å². The summed E-state index contributed by atoms with van der Waals surface area (Å²) in [5.74, 6) is -8.15. The molecule has 400 valence electrons. The fourth-order valence-electron chi connectivity index (χ4n) is 10.7. The van der Waals surface area contributed by atoms with Gasteiger partial charge in [-0.15, -0.1) is 0 Å². The number of ketones is 3. The number of esters is 1. The first kappa shape index (κ1) is 58.4. The summed E-state index contributed by atoms with van der Waals surface area (Å²) in [6, 6.07) is -1.16. The lowest BCUT2D eigenvalue weighted by Crippen LogP contribution is -2.61. The molecule has 0 aromatic carbocycles. The SMILES string of the molecule is CO[C@@H]1C[C@H](C[C@@H](C)[C@@H]2CC(=O)[C@H](C)C=C(C)[C@@H](O)[C@@H](OC)C(=O)[C@H](C)C[C@H](C)C=CC=CC=C(C)[C@@H](OCCOC3COC3)C[C@@H]3CC[C@@H](C)[C@@](O)(O3)C(=O)C(=O)N3CCCC[C@H]3C(=O)O2)CC[C@H]1O. The number of piperidine rings is 1. The Hall–Kier alpha value is -3.45. The summed E-state index contributed by atoms with van der Waals surface area (Å²) in [5, 5.41) is 34.2. The number of carbonyl (C=O) groups is 5. The van der Waals surface area contributed by atoms with Crippen LogP contribution in [0.1, 0.15) is 126 Å². The average Bonchev–Trinajstić information content (AvgIpc) is 3.33. The highest BCUT2D eigenvalue weighted by atomic mass is 16.6. The van der Waals surface area contributed by atoms with Gasteiger partial charge in [0.1, 0.15) is 36.2 Å². The van der Waals surface area contributed by atoms with Gasteiger partial charge < -0.3 is 53.4 Å². The molecule has 1 amide bonds. The Morgan fingerprint density at radius 2 is 1.58 bits per heavy atom. The van der Waals surface area contributed by atoms with Crippen molar-refractivity contribution in [3.05, 3.63) is 47.6 Å². The summed E-state index contributed by atoms with van der Waals surface area (Å²) in [5.41, 5.74) is 1.24. The molecule has 16 nitrogen and oxygen atoms in total. The quantitative estimate of drug-likeness (QED) is 0.0996. The minimum absolute atomic E-state index is 0.00344. The van der Waals surface area contributed by atoms with Crippen molar-refractivity contribution >= 4 is 29.2 Å². The normalized spacial score (nSPS) is 36.9. The van der Waals surface area contributed by atoms with Crippen molar-refractivity contribution < 1.29 is 72.5 Å². The third-order valence-electron chi connectivity index (χ3n) is 15.6. The molecular formula is C55H85NO15. The maximum Gasteiger partial charge on any atom is 0.329 e. The molecule has 5 aliphatic rings. The molecular weight excluding hydrogens is 915 g/mol. The molecule has 0 radical (unpaired) electrons. The zero-order valence-electron chi connectivity index (χ0n) is 43.8. The lowest BCUT2D eigenvalue weighted by atomic mass is 9.78. The van der Waals surface area contributed by atoms with Gasteiger partial charge in [-0.2, -0.15) is 0 Å². The van der Waals surface area contributed by atoms with Crippen LogP contribution in [0.25, 0.3) is 0 Å². The largest absolute Gasteiger partial charge is 0.460 e. The van der Waals surface area contributed by atoms with Gasteiger partial charge in [0.15, 0.2) is 5.78 Å². The predicted molar refractivity (Wildman–Crippen MR) is 265 cm³/mol. The Labute approximate surface area is 421 Å². The van der Waals surface area contributed by atoms with Gasteiger partial charge >= 0.3 is 5.97 Å². The zero-order valence-corrected chi connectivity index (χ0v) is 43.8. The summed E-state index contributed by atoms with van der Waals surface area (Å²) in [4.78, 5) is 72.5. The predicted octanol–water partition coefficient (Wildman–Crippen LogP) is 5.97. The summed E-state index contributed by atoms with van der Waals surface area (Å²) in [7, 11) is 2.94. The van der Waals surface area contributed by atoms with Gasteiger partial charge in [-0.1, -0.05) is 71.1 Å². The number of methoxy groups -OCH3 is 2. The molecule has 0 unspecified atom stereocenters. The van der Waals surface area contributed by atoms with Crippen LogP contribution in [0.4, 0.5) is 0 Å². The number of Topliss-reactive ketones (excluding diaryl/α,β-unsaturated/α-hetero) is 3. The number of ether oxygens (including phenoxy) is 7. The van der Waals surface area contributed by atoms with Gasteiger partial charge in [-0.3, -0.25) is 19.2 Å². The van der Waals surface area contributed by atoms with E-state index in [9.17, 15) is 39.3 Å². The van der Waals surface area contributed by atoms with E-state index >= 15 is 0 Å². The van der Waals surface area contributed by atoms with Gasteiger partial charge in [-0.25, -0.2) is 4.79 Å². The number of amides is 1. The van der Waals surface area contributed by atoms with Crippen molar-refractivity contribution in [2.75, 3.05) is 47.2 Å². The van der Waals surface area contributed by atoms with Crippen LogP contribution in [0.3, 0.4) is 0 Å². The average molecular weight is 1000 g/mol. The second-order valence-corrected chi connectivity index (χ2v) is 21.3. The molecule has 15 atom stereocenters. The van der Waals surface area contributed by atoms with Crippen molar-refractivity contribution in [3.63, 3.8) is 0 Å². The van der Waals surface area contributed by atoms with Crippen molar-refractivity contribution in [3.8, 4) is 0 Å². The molecule has 4 fully saturated rings. The lowest BCUT2D eigenvalue weighted by molar-refractivity contribution is -0.266. The maximum absolute atomic E-state index is 14.5. The summed E-state index contributed by atoms with van der Waals surface area (Å²) < 4.78 is 41.2. The molecule has 0 aromatic heterocycles. The minimum Gasteiger partial charge on any atom is -0.460 e. The molecule has 0 spiro atoms. The van der Waals surface area contributed by atoms with E-state index < -0.39 is 83.9 Å². The van der Waals surface area contributed by atoms with E-state index in [0.717, 1.165) is 5.57 Å². The van der Waals surface area contributed by atoms with Gasteiger partial charge in [0.05, 0.1) is 50.8 Å². The Morgan fingerprint density at radius 1 is 0.845 bits per heavy atom. The van der Waals surface area contributed by atoms with Crippen LogP contribution in [0.5, 0.6) is 0 Å². The number of hydrogen-bond acceptors (Lipinski definition) is 15. The van der Waals surface area contributed by atoms with Gasteiger partial charge in [0.25, 0.3) is 11.7 Å². The smallest absolute Gasteiger partial charge is 0.329 e. The fraction of sp³-hybridized carbons (Fsp3) is 0.764.